The number of aliphatic hydroxyl groups is 1. The zero-order chi connectivity index (χ0) is 13.8. The van der Waals surface area contributed by atoms with E-state index in [9.17, 15) is 0 Å². The number of fused-ring (bicyclic) bond motifs is 1. The second-order valence-corrected chi connectivity index (χ2v) is 5.35. The first-order valence-corrected chi connectivity index (χ1v) is 7.27. The van der Waals surface area contributed by atoms with Crippen LogP contribution in [0.15, 0.2) is 30.4 Å². The molecule has 2 N–H and O–H groups in total. The minimum Gasteiger partial charge on any atom is -0.490 e. The maximum Gasteiger partial charge on any atom is 0.165 e. The van der Waals surface area contributed by atoms with Gasteiger partial charge in [-0.3, -0.25) is 0 Å². The first kappa shape index (κ1) is 13.5. The van der Waals surface area contributed by atoms with Gasteiger partial charge in [0.05, 0.1) is 13.2 Å². The van der Waals surface area contributed by atoms with Gasteiger partial charge in [0.2, 0.25) is 0 Å². The summed E-state index contributed by atoms with van der Waals surface area (Å²) in [5.41, 5.74) is 1.13. The van der Waals surface area contributed by atoms with E-state index in [0.29, 0.717) is 25.2 Å². The molecule has 0 saturated heterocycles. The third-order valence-corrected chi connectivity index (χ3v) is 3.81. The van der Waals surface area contributed by atoms with Gasteiger partial charge in [-0.15, -0.1) is 0 Å². The van der Waals surface area contributed by atoms with Crippen LogP contribution in [0.25, 0.3) is 0 Å². The molecule has 1 aromatic carbocycles. The van der Waals surface area contributed by atoms with Crippen molar-refractivity contribution in [3.8, 4) is 11.5 Å². The Morgan fingerprint density at radius 2 is 2.10 bits per heavy atom. The van der Waals surface area contributed by atoms with E-state index < -0.39 is 0 Å². The molecule has 0 radical (unpaired) electrons. The molecule has 0 fully saturated rings. The van der Waals surface area contributed by atoms with Crippen LogP contribution in [0.4, 0.5) is 0 Å². The predicted molar refractivity (Wildman–Crippen MR) is 77.0 cm³/mol. The van der Waals surface area contributed by atoms with E-state index in [1.807, 2.05) is 12.1 Å². The Hall–Kier alpha value is -1.52. The number of hydrogen-bond acceptors (Lipinski definition) is 4. The van der Waals surface area contributed by atoms with Crippen LogP contribution < -0.4 is 14.8 Å². The van der Waals surface area contributed by atoms with Gasteiger partial charge in [-0.2, -0.15) is 0 Å². The molecule has 108 valence electrons. The van der Waals surface area contributed by atoms with Crippen molar-refractivity contribution in [3.05, 3.63) is 35.9 Å². The van der Waals surface area contributed by atoms with Crippen LogP contribution in [-0.2, 0) is 6.54 Å². The smallest absolute Gasteiger partial charge is 0.165 e. The lowest BCUT2D eigenvalue weighted by atomic mass is 10.1. The molecule has 0 spiro atoms. The van der Waals surface area contributed by atoms with Crippen LogP contribution in [0.5, 0.6) is 11.5 Å². The van der Waals surface area contributed by atoms with Crippen LogP contribution in [0.3, 0.4) is 0 Å². The summed E-state index contributed by atoms with van der Waals surface area (Å²) in [7, 11) is 0. The lowest BCUT2D eigenvalue weighted by molar-refractivity contribution is 0.246. The first-order chi connectivity index (χ1) is 9.86. The van der Waals surface area contributed by atoms with Gasteiger partial charge in [0.1, 0.15) is 0 Å². The van der Waals surface area contributed by atoms with E-state index >= 15 is 0 Å². The van der Waals surface area contributed by atoms with Crippen LogP contribution in [0.1, 0.15) is 18.4 Å². The molecule has 3 rings (SSSR count). The molecule has 1 heterocycles. The number of aliphatic hydroxyl groups excluding tert-OH is 1. The van der Waals surface area contributed by atoms with Gasteiger partial charge in [-0.05, 0) is 12.5 Å². The first-order valence-electron chi connectivity index (χ1n) is 7.27. The lowest BCUT2D eigenvalue weighted by Crippen LogP contribution is -2.26. The molecule has 2 aliphatic rings. The van der Waals surface area contributed by atoms with Crippen molar-refractivity contribution < 1.29 is 14.6 Å². The fourth-order valence-corrected chi connectivity index (χ4v) is 2.70. The molecule has 1 aliphatic heterocycles. The summed E-state index contributed by atoms with van der Waals surface area (Å²) in [6.07, 6.45) is 6.11. The average Bonchev–Trinajstić information content (AvgIpc) is 2.80. The van der Waals surface area contributed by atoms with Gasteiger partial charge >= 0.3 is 0 Å². The van der Waals surface area contributed by atoms with Crippen molar-refractivity contribution in [2.45, 2.75) is 25.4 Å². The number of ether oxygens (including phenoxy) is 2. The van der Waals surface area contributed by atoms with E-state index in [4.69, 9.17) is 14.6 Å². The summed E-state index contributed by atoms with van der Waals surface area (Å²) >= 11 is 0. The topological polar surface area (TPSA) is 50.7 Å². The molecule has 20 heavy (non-hydrogen) atoms. The van der Waals surface area contributed by atoms with Crippen molar-refractivity contribution >= 4 is 0 Å². The molecule has 0 amide bonds. The molecule has 1 aromatic rings. The standard InChI is InChI=1S/C16H21NO3/c18-11-12-5-6-14(9-12)17-10-13-3-1-4-15-16(13)20-8-2-7-19-15/h1,3-6,12,14,17-18H,2,7-11H2/t12-,14+/m0/s1. The molecule has 4 heteroatoms. The van der Waals surface area contributed by atoms with Crippen molar-refractivity contribution in [2.75, 3.05) is 19.8 Å². The summed E-state index contributed by atoms with van der Waals surface area (Å²) in [5.74, 6) is 2.01. The van der Waals surface area contributed by atoms with Crippen molar-refractivity contribution in [2.24, 2.45) is 5.92 Å². The van der Waals surface area contributed by atoms with Crippen LogP contribution in [0.2, 0.25) is 0 Å². The number of hydrogen-bond donors (Lipinski definition) is 2. The Bertz CT molecular complexity index is 487. The molecular formula is C16H21NO3. The third kappa shape index (κ3) is 2.97. The zero-order valence-corrected chi connectivity index (χ0v) is 11.5. The maximum absolute atomic E-state index is 9.14. The number of benzene rings is 1. The second-order valence-electron chi connectivity index (χ2n) is 5.35. The Kier molecular flexibility index (Phi) is 4.23. The highest BCUT2D eigenvalue weighted by Crippen LogP contribution is 2.33. The number of nitrogens with one attached hydrogen (secondary N) is 1. The predicted octanol–water partition coefficient (Wildman–Crippen LogP) is 1.87. The summed E-state index contributed by atoms with van der Waals surface area (Å²) in [6, 6.07) is 6.37. The number of para-hydroxylation sites is 1. The number of rotatable bonds is 4. The van der Waals surface area contributed by atoms with E-state index in [1.165, 1.54) is 0 Å². The minimum atomic E-state index is 0.229. The molecule has 4 nitrogen and oxygen atoms in total. The van der Waals surface area contributed by atoms with E-state index in [1.54, 1.807) is 0 Å². The summed E-state index contributed by atoms with van der Waals surface area (Å²) in [4.78, 5) is 0. The van der Waals surface area contributed by atoms with Crippen LogP contribution in [0, 0.1) is 5.92 Å². The van der Waals surface area contributed by atoms with Gasteiger partial charge in [-0.25, -0.2) is 0 Å². The molecular weight excluding hydrogens is 254 g/mol. The molecule has 0 bridgehead atoms. The van der Waals surface area contributed by atoms with Gasteiger partial charge in [0.25, 0.3) is 0 Å². The normalized spacial score (nSPS) is 24.6. The minimum absolute atomic E-state index is 0.229. The maximum atomic E-state index is 9.14. The fourth-order valence-electron chi connectivity index (χ4n) is 2.70. The van der Waals surface area contributed by atoms with E-state index in [-0.39, 0.29) is 6.61 Å². The van der Waals surface area contributed by atoms with E-state index in [2.05, 4.69) is 23.5 Å². The molecule has 2 atom stereocenters. The summed E-state index contributed by atoms with van der Waals surface area (Å²) in [5, 5.41) is 12.6. The average molecular weight is 275 g/mol. The monoisotopic (exact) mass is 275 g/mol. The fraction of sp³-hybridized carbons (Fsp3) is 0.500. The van der Waals surface area contributed by atoms with Crippen molar-refractivity contribution in [1.29, 1.82) is 0 Å². The molecule has 0 unspecified atom stereocenters. The highest BCUT2D eigenvalue weighted by Gasteiger charge is 2.19. The Labute approximate surface area is 119 Å². The van der Waals surface area contributed by atoms with Gasteiger partial charge in [-0.1, -0.05) is 24.3 Å². The van der Waals surface area contributed by atoms with Crippen LogP contribution >= 0.6 is 0 Å². The largest absolute Gasteiger partial charge is 0.490 e. The Morgan fingerprint density at radius 3 is 2.95 bits per heavy atom. The molecule has 1 aliphatic carbocycles. The summed E-state index contributed by atoms with van der Waals surface area (Å²) in [6.45, 7) is 2.40. The highest BCUT2D eigenvalue weighted by atomic mass is 16.5. The highest BCUT2D eigenvalue weighted by molar-refractivity contribution is 5.47. The van der Waals surface area contributed by atoms with Gasteiger partial charge in [0.15, 0.2) is 11.5 Å². The zero-order valence-electron chi connectivity index (χ0n) is 11.5. The van der Waals surface area contributed by atoms with E-state index in [0.717, 1.165) is 36.4 Å². The molecule has 0 saturated carbocycles. The van der Waals surface area contributed by atoms with Crippen LogP contribution in [-0.4, -0.2) is 31.0 Å². The summed E-state index contributed by atoms with van der Waals surface area (Å²) < 4.78 is 11.5. The van der Waals surface area contributed by atoms with Crippen molar-refractivity contribution in [1.82, 2.24) is 5.32 Å². The van der Waals surface area contributed by atoms with Crippen molar-refractivity contribution in [3.63, 3.8) is 0 Å². The third-order valence-electron chi connectivity index (χ3n) is 3.81. The Morgan fingerprint density at radius 1 is 1.20 bits per heavy atom. The molecule has 0 aromatic heterocycles. The van der Waals surface area contributed by atoms with Gasteiger partial charge in [0, 0.05) is 37.1 Å². The Balaban J connectivity index is 1.65. The second kappa shape index (κ2) is 6.29. The SMILES string of the molecule is OC[C@H]1C=C[C@@H](NCc2cccc3c2OCCCO3)C1. The lowest BCUT2D eigenvalue weighted by Gasteiger charge is -2.16. The van der Waals surface area contributed by atoms with Gasteiger partial charge < -0.3 is 19.9 Å². The quantitative estimate of drug-likeness (QED) is 0.824.